The van der Waals surface area contributed by atoms with Crippen LogP contribution in [-0.2, 0) is 22.5 Å². The SMILES string of the molecule is C=CCc1cc(C=C2NC(=O)N(Cc3ccc(C(=O)OC)o3)C2=O)cc(OCC)c1O. The molecule has 0 saturated carbocycles. The molecule has 0 unspecified atom stereocenters. The normalized spacial score (nSPS) is 14.6. The van der Waals surface area contributed by atoms with Crippen LogP contribution in [0.25, 0.3) is 6.08 Å². The van der Waals surface area contributed by atoms with Crippen molar-refractivity contribution in [2.24, 2.45) is 0 Å². The number of hydrogen-bond donors (Lipinski definition) is 2. The Morgan fingerprint density at radius 1 is 1.32 bits per heavy atom. The second-order valence-electron chi connectivity index (χ2n) is 6.59. The maximum absolute atomic E-state index is 12.8. The Balaban J connectivity index is 1.85. The predicted molar refractivity (Wildman–Crippen MR) is 110 cm³/mol. The van der Waals surface area contributed by atoms with Gasteiger partial charge in [-0.3, -0.25) is 9.69 Å². The van der Waals surface area contributed by atoms with Gasteiger partial charge in [0.25, 0.3) is 5.91 Å². The van der Waals surface area contributed by atoms with Crippen molar-refractivity contribution in [3.8, 4) is 11.5 Å². The summed E-state index contributed by atoms with van der Waals surface area (Å²) >= 11 is 0. The number of carbonyl (C=O) groups is 3. The van der Waals surface area contributed by atoms with Gasteiger partial charge >= 0.3 is 12.0 Å². The molecule has 9 heteroatoms. The summed E-state index contributed by atoms with van der Waals surface area (Å²) in [6.07, 6.45) is 3.53. The number of esters is 1. The molecule has 1 aliphatic heterocycles. The molecule has 31 heavy (non-hydrogen) atoms. The summed E-state index contributed by atoms with van der Waals surface area (Å²) in [4.78, 5) is 37.5. The zero-order chi connectivity index (χ0) is 22.5. The van der Waals surface area contributed by atoms with E-state index in [1.54, 1.807) is 25.1 Å². The van der Waals surface area contributed by atoms with E-state index >= 15 is 0 Å². The third-order valence-electron chi connectivity index (χ3n) is 4.48. The first kappa shape index (κ1) is 21.7. The number of nitrogens with one attached hydrogen (secondary N) is 1. The number of allylic oxidation sites excluding steroid dienone is 1. The van der Waals surface area contributed by atoms with Gasteiger partial charge in [0.2, 0.25) is 5.76 Å². The van der Waals surface area contributed by atoms with E-state index in [2.05, 4.69) is 16.6 Å². The highest BCUT2D eigenvalue weighted by atomic mass is 16.5. The Hall–Kier alpha value is -4.01. The maximum atomic E-state index is 12.8. The van der Waals surface area contributed by atoms with Crippen LogP contribution in [-0.4, -0.2) is 41.6 Å². The number of imide groups is 1. The molecule has 2 N–H and O–H groups in total. The smallest absolute Gasteiger partial charge is 0.373 e. The van der Waals surface area contributed by atoms with E-state index in [0.29, 0.717) is 24.2 Å². The van der Waals surface area contributed by atoms with Gasteiger partial charge < -0.3 is 24.3 Å². The van der Waals surface area contributed by atoms with Crippen LogP contribution >= 0.6 is 0 Å². The molecule has 2 aromatic rings. The monoisotopic (exact) mass is 426 g/mol. The van der Waals surface area contributed by atoms with Gasteiger partial charge in [-0.25, -0.2) is 9.59 Å². The van der Waals surface area contributed by atoms with Crippen molar-refractivity contribution in [3.63, 3.8) is 0 Å². The highest BCUT2D eigenvalue weighted by Crippen LogP contribution is 2.33. The first-order valence-electron chi connectivity index (χ1n) is 9.49. The van der Waals surface area contributed by atoms with E-state index in [-0.39, 0.29) is 35.3 Å². The molecule has 3 rings (SSSR count). The van der Waals surface area contributed by atoms with Gasteiger partial charge in [0.05, 0.1) is 20.3 Å². The number of benzene rings is 1. The first-order valence-corrected chi connectivity index (χ1v) is 9.49. The minimum atomic E-state index is -0.656. The van der Waals surface area contributed by atoms with Crippen molar-refractivity contribution < 1.29 is 33.4 Å². The van der Waals surface area contributed by atoms with Crippen molar-refractivity contribution >= 4 is 24.0 Å². The predicted octanol–water partition coefficient (Wildman–Crippen LogP) is 2.99. The Morgan fingerprint density at radius 2 is 2.10 bits per heavy atom. The number of nitrogens with zero attached hydrogens (tertiary/aromatic N) is 1. The number of urea groups is 1. The van der Waals surface area contributed by atoms with Gasteiger partial charge in [-0.15, -0.1) is 6.58 Å². The standard InChI is InChI=1S/C22H22N2O7/c1-4-6-14-9-13(11-18(19(14)25)30-5-2)10-16-20(26)24(22(28)23-16)12-15-7-8-17(31-15)21(27)29-3/h4,7-11,25H,1,5-6,12H2,2-3H3,(H,23,28). The van der Waals surface area contributed by atoms with Gasteiger partial charge in [-0.2, -0.15) is 0 Å². The lowest BCUT2D eigenvalue weighted by molar-refractivity contribution is -0.123. The summed E-state index contributed by atoms with van der Waals surface area (Å²) in [5, 5.41) is 12.8. The van der Waals surface area contributed by atoms with Crippen LogP contribution in [0.5, 0.6) is 11.5 Å². The van der Waals surface area contributed by atoms with Gasteiger partial charge in [-0.1, -0.05) is 6.08 Å². The molecule has 0 radical (unpaired) electrons. The summed E-state index contributed by atoms with van der Waals surface area (Å²) in [5.74, 6) is -0.710. The van der Waals surface area contributed by atoms with E-state index in [9.17, 15) is 19.5 Å². The van der Waals surface area contributed by atoms with E-state index in [1.807, 2.05) is 0 Å². The number of phenolic OH excluding ortho intramolecular Hbond substituents is 1. The van der Waals surface area contributed by atoms with Crippen LogP contribution in [0.4, 0.5) is 4.79 Å². The number of amides is 3. The Morgan fingerprint density at radius 3 is 2.77 bits per heavy atom. The fourth-order valence-corrected chi connectivity index (χ4v) is 3.06. The van der Waals surface area contributed by atoms with E-state index in [4.69, 9.17) is 9.15 Å². The van der Waals surface area contributed by atoms with Crippen LogP contribution in [0.1, 0.15) is 34.4 Å². The van der Waals surface area contributed by atoms with Crippen LogP contribution < -0.4 is 10.1 Å². The molecular weight excluding hydrogens is 404 g/mol. The lowest BCUT2D eigenvalue weighted by atomic mass is 10.0. The second kappa shape index (κ2) is 9.21. The minimum Gasteiger partial charge on any atom is -0.504 e. The molecule has 1 aromatic carbocycles. The zero-order valence-electron chi connectivity index (χ0n) is 17.1. The molecular formula is C22H22N2O7. The summed E-state index contributed by atoms with van der Waals surface area (Å²) < 4.78 is 15.4. The molecule has 2 heterocycles. The number of methoxy groups -OCH3 is 1. The Labute approximate surface area is 178 Å². The van der Waals surface area contributed by atoms with Gasteiger partial charge in [0.15, 0.2) is 11.5 Å². The van der Waals surface area contributed by atoms with Crippen molar-refractivity contribution in [2.45, 2.75) is 19.9 Å². The van der Waals surface area contributed by atoms with Crippen LogP contribution in [0.3, 0.4) is 0 Å². The molecule has 3 amide bonds. The van der Waals surface area contributed by atoms with E-state index in [0.717, 1.165) is 4.90 Å². The molecule has 1 fully saturated rings. The molecule has 1 saturated heterocycles. The van der Waals surface area contributed by atoms with Crippen molar-refractivity contribution in [1.29, 1.82) is 0 Å². The number of hydrogen-bond acceptors (Lipinski definition) is 7. The second-order valence-corrected chi connectivity index (χ2v) is 6.59. The van der Waals surface area contributed by atoms with Crippen LogP contribution in [0, 0.1) is 0 Å². The lowest BCUT2D eigenvalue weighted by Crippen LogP contribution is -2.30. The first-order chi connectivity index (χ1) is 14.9. The molecule has 9 nitrogen and oxygen atoms in total. The van der Waals surface area contributed by atoms with E-state index < -0.39 is 17.9 Å². The zero-order valence-corrected chi connectivity index (χ0v) is 17.1. The summed E-state index contributed by atoms with van der Waals surface area (Å²) in [5.41, 5.74) is 1.20. The molecule has 1 aliphatic rings. The van der Waals surface area contributed by atoms with E-state index in [1.165, 1.54) is 25.3 Å². The molecule has 1 aromatic heterocycles. The third kappa shape index (κ3) is 4.61. The lowest BCUT2D eigenvalue weighted by Gasteiger charge is -2.11. The summed E-state index contributed by atoms with van der Waals surface area (Å²) in [6, 6.07) is 5.54. The van der Waals surface area contributed by atoms with Crippen LogP contribution in [0.15, 0.2) is 47.0 Å². The molecule has 0 aliphatic carbocycles. The average Bonchev–Trinajstić information content (AvgIpc) is 3.32. The fourth-order valence-electron chi connectivity index (χ4n) is 3.06. The number of carbonyl (C=O) groups excluding carboxylic acids is 3. The van der Waals surface area contributed by atoms with Crippen molar-refractivity contribution in [1.82, 2.24) is 10.2 Å². The average molecular weight is 426 g/mol. The number of rotatable bonds is 8. The van der Waals surface area contributed by atoms with Gasteiger partial charge in [0.1, 0.15) is 11.5 Å². The molecule has 0 atom stereocenters. The van der Waals surface area contributed by atoms with Crippen molar-refractivity contribution in [3.05, 3.63) is 65.3 Å². The minimum absolute atomic E-state index is 0.00606. The number of phenols is 1. The van der Waals surface area contributed by atoms with Crippen LogP contribution in [0.2, 0.25) is 0 Å². The summed E-state index contributed by atoms with van der Waals surface area (Å²) in [6.45, 7) is 5.66. The Bertz CT molecular complexity index is 1070. The fraction of sp³-hybridized carbons (Fsp3) is 0.227. The maximum Gasteiger partial charge on any atom is 0.373 e. The quantitative estimate of drug-likeness (QED) is 0.288. The summed E-state index contributed by atoms with van der Waals surface area (Å²) in [7, 11) is 1.22. The van der Waals surface area contributed by atoms with Crippen molar-refractivity contribution in [2.75, 3.05) is 13.7 Å². The number of ether oxygens (including phenoxy) is 2. The topological polar surface area (TPSA) is 118 Å². The Kier molecular flexibility index (Phi) is 6.44. The highest BCUT2D eigenvalue weighted by molar-refractivity contribution is 6.13. The number of aromatic hydroxyl groups is 1. The number of furan rings is 1. The van der Waals surface area contributed by atoms with Gasteiger partial charge in [0, 0.05) is 5.56 Å². The molecule has 162 valence electrons. The molecule has 0 spiro atoms. The van der Waals surface area contributed by atoms with Gasteiger partial charge in [-0.05, 0) is 49.2 Å². The molecule has 0 bridgehead atoms. The highest BCUT2D eigenvalue weighted by Gasteiger charge is 2.34. The largest absolute Gasteiger partial charge is 0.504 e. The third-order valence-corrected chi connectivity index (χ3v) is 4.48.